The van der Waals surface area contributed by atoms with Gasteiger partial charge in [0.15, 0.2) is 0 Å². The van der Waals surface area contributed by atoms with Crippen molar-refractivity contribution in [1.29, 1.82) is 0 Å². The van der Waals surface area contributed by atoms with E-state index in [1.807, 2.05) is 17.0 Å². The van der Waals surface area contributed by atoms with Gasteiger partial charge in [0.05, 0.1) is 6.42 Å². The number of halogens is 1. The quantitative estimate of drug-likeness (QED) is 0.945. The maximum Gasteiger partial charge on any atom is 0.227 e. The summed E-state index contributed by atoms with van der Waals surface area (Å²) in [5.41, 5.74) is 6.99. The molecule has 0 bridgehead atoms. The van der Waals surface area contributed by atoms with Gasteiger partial charge in [0.1, 0.15) is 0 Å². The molecule has 1 atom stereocenters. The van der Waals surface area contributed by atoms with Crippen molar-refractivity contribution in [1.82, 2.24) is 4.90 Å². The Bertz CT molecular complexity index is 673. The molecule has 3 rings (SSSR count). The van der Waals surface area contributed by atoms with E-state index in [0.717, 1.165) is 25.1 Å². The molecule has 1 amide bonds. The molecule has 0 aliphatic carbocycles. The highest BCUT2D eigenvalue weighted by Gasteiger charge is 2.34. The van der Waals surface area contributed by atoms with E-state index in [-0.39, 0.29) is 23.7 Å². The van der Waals surface area contributed by atoms with E-state index in [1.54, 1.807) is 0 Å². The fraction of sp³-hybridized carbons (Fsp3) is 0.389. The summed E-state index contributed by atoms with van der Waals surface area (Å²) in [7, 11) is 0. The molecule has 1 unspecified atom stereocenters. The van der Waals surface area contributed by atoms with Crippen LogP contribution in [0.3, 0.4) is 0 Å². The Morgan fingerprint density at radius 3 is 2.64 bits per heavy atom. The summed E-state index contributed by atoms with van der Waals surface area (Å²) in [6.45, 7) is 4.43. The Kier molecular flexibility index (Phi) is 5.09. The number of hydrogen-bond acceptors (Lipinski definition) is 2. The summed E-state index contributed by atoms with van der Waals surface area (Å²) in [6, 6.07) is 14.5. The molecule has 0 spiro atoms. The van der Waals surface area contributed by atoms with Gasteiger partial charge in [0.2, 0.25) is 5.91 Å². The number of benzene rings is 2. The molecule has 2 aromatic rings. The van der Waals surface area contributed by atoms with Crippen molar-refractivity contribution in [3.63, 3.8) is 0 Å². The Balaban J connectivity index is 0.00000176. The highest BCUT2D eigenvalue weighted by molar-refractivity contribution is 5.86. The summed E-state index contributed by atoms with van der Waals surface area (Å²) < 4.78 is 0. The normalized spacial score (nSPS) is 20.9. The first-order chi connectivity index (χ1) is 10.1. The fourth-order valence-corrected chi connectivity index (χ4v) is 3.04. The van der Waals surface area contributed by atoms with Gasteiger partial charge in [0.25, 0.3) is 0 Å². The van der Waals surface area contributed by atoms with Crippen molar-refractivity contribution in [3.05, 3.63) is 48.0 Å². The third kappa shape index (κ3) is 3.42. The van der Waals surface area contributed by atoms with Crippen molar-refractivity contribution in [2.45, 2.75) is 19.8 Å². The predicted octanol–water partition coefficient (Wildman–Crippen LogP) is 3.00. The van der Waals surface area contributed by atoms with Crippen molar-refractivity contribution in [2.24, 2.45) is 11.1 Å². The van der Waals surface area contributed by atoms with Crippen LogP contribution in [-0.4, -0.2) is 30.4 Å². The maximum absolute atomic E-state index is 12.4. The van der Waals surface area contributed by atoms with Gasteiger partial charge in [-0.1, -0.05) is 49.4 Å². The largest absolute Gasteiger partial charge is 0.342 e. The van der Waals surface area contributed by atoms with Crippen LogP contribution in [-0.2, 0) is 11.2 Å². The first-order valence-electron chi connectivity index (χ1n) is 7.55. The third-order valence-electron chi connectivity index (χ3n) is 4.57. The van der Waals surface area contributed by atoms with E-state index in [9.17, 15) is 4.79 Å². The highest BCUT2D eigenvalue weighted by atomic mass is 35.5. The SMILES string of the molecule is CC1(CN)CCN(C(=O)Cc2ccc3ccccc3c2)C1.Cl. The lowest BCUT2D eigenvalue weighted by Gasteiger charge is -2.22. The molecular formula is C18H23ClN2O. The van der Waals surface area contributed by atoms with Gasteiger partial charge in [-0.15, -0.1) is 12.4 Å². The van der Waals surface area contributed by atoms with E-state index in [0.29, 0.717) is 13.0 Å². The Morgan fingerprint density at radius 1 is 1.23 bits per heavy atom. The summed E-state index contributed by atoms with van der Waals surface area (Å²) >= 11 is 0. The third-order valence-corrected chi connectivity index (χ3v) is 4.57. The zero-order valence-corrected chi connectivity index (χ0v) is 13.7. The molecule has 4 heteroatoms. The molecule has 1 aliphatic heterocycles. The lowest BCUT2D eigenvalue weighted by molar-refractivity contribution is -0.129. The number of amides is 1. The van der Waals surface area contributed by atoms with E-state index in [1.165, 1.54) is 10.8 Å². The molecule has 0 saturated carbocycles. The van der Waals surface area contributed by atoms with E-state index >= 15 is 0 Å². The van der Waals surface area contributed by atoms with Crippen LogP contribution in [0.25, 0.3) is 10.8 Å². The minimum Gasteiger partial charge on any atom is -0.342 e. The molecule has 0 radical (unpaired) electrons. The van der Waals surface area contributed by atoms with Crippen LogP contribution in [0.4, 0.5) is 0 Å². The average Bonchev–Trinajstić information content (AvgIpc) is 2.91. The molecule has 22 heavy (non-hydrogen) atoms. The van der Waals surface area contributed by atoms with Gasteiger partial charge < -0.3 is 10.6 Å². The van der Waals surface area contributed by atoms with Gasteiger partial charge >= 0.3 is 0 Å². The minimum atomic E-state index is 0. The van der Waals surface area contributed by atoms with E-state index in [2.05, 4.69) is 37.3 Å². The van der Waals surface area contributed by atoms with Gasteiger partial charge in [-0.2, -0.15) is 0 Å². The Labute approximate surface area is 137 Å². The van der Waals surface area contributed by atoms with Gasteiger partial charge in [-0.25, -0.2) is 0 Å². The smallest absolute Gasteiger partial charge is 0.227 e. The van der Waals surface area contributed by atoms with Gasteiger partial charge in [-0.05, 0) is 34.7 Å². The summed E-state index contributed by atoms with van der Waals surface area (Å²) in [4.78, 5) is 14.4. The molecule has 2 N–H and O–H groups in total. The van der Waals surface area contributed by atoms with Crippen LogP contribution in [0, 0.1) is 5.41 Å². The van der Waals surface area contributed by atoms with Crippen LogP contribution in [0.2, 0.25) is 0 Å². The summed E-state index contributed by atoms with van der Waals surface area (Å²) in [5.74, 6) is 0.211. The fourth-order valence-electron chi connectivity index (χ4n) is 3.04. The number of nitrogens with zero attached hydrogens (tertiary/aromatic N) is 1. The van der Waals surface area contributed by atoms with Crippen molar-refractivity contribution >= 4 is 29.1 Å². The molecule has 1 heterocycles. The summed E-state index contributed by atoms with van der Waals surface area (Å²) in [6.07, 6.45) is 1.48. The second kappa shape index (κ2) is 6.67. The Hall–Kier alpha value is -1.58. The molecule has 118 valence electrons. The summed E-state index contributed by atoms with van der Waals surface area (Å²) in [5, 5.41) is 2.40. The second-order valence-corrected chi connectivity index (χ2v) is 6.44. The number of nitrogens with two attached hydrogens (primary N) is 1. The highest BCUT2D eigenvalue weighted by Crippen LogP contribution is 2.29. The van der Waals surface area contributed by atoms with Crippen LogP contribution in [0.15, 0.2) is 42.5 Å². The molecule has 3 nitrogen and oxygen atoms in total. The van der Waals surface area contributed by atoms with Crippen molar-refractivity contribution in [2.75, 3.05) is 19.6 Å². The standard InChI is InChI=1S/C18H22N2O.ClH/c1-18(12-19)8-9-20(13-18)17(21)11-14-6-7-15-4-2-3-5-16(15)10-14;/h2-7,10H,8-9,11-13,19H2,1H3;1H. The number of rotatable bonds is 3. The lowest BCUT2D eigenvalue weighted by Crippen LogP contribution is -2.35. The zero-order chi connectivity index (χ0) is 14.9. The first-order valence-corrected chi connectivity index (χ1v) is 7.55. The topological polar surface area (TPSA) is 46.3 Å². The molecule has 1 aliphatic rings. The van der Waals surface area contributed by atoms with Crippen molar-refractivity contribution in [3.8, 4) is 0 Å². The van der Waals surface area contributed by atoms with Gasteiger partial charge in [0, 0.05) is 13.1 Å². The van der Waals surface area contributed by atoms with Gasteiger partial charge in [-0.3, -0.25) is 4.79 Å². The second-order valence-electron chi connectivity index (χ2n) is 6.44. The zero-order valence-electron chi connectivity index (χ0n) is 12.9. The maximum atomic E-state index is 12.4. The van der Waals surface area contributed by atoms with Crippen LogP contribution >= 0.6 is 12.4 Å². The first kappa shape index (κ1) is 16.8. The Morgan fingerprint density at radius 2 is 1.95 bits per heavy atom. The van der Waals surface area contributed by atoms with Crippen LogP contribution in [0.5, 0.6) is 0 Å². The number of hydrogen-bond donors (Lipinski definition) is 1. The predicted molar refractivity (Wildman–Crippen MR) is 93.3 cm³/mol. The van der Waals surface area contributed by atoms with Crippen molar-refractivity contribution < 1.29 is 4.79 Å². The number of likely N-dealkylation sites (tertiary alicyclic amines) is 1. The van der Waals surface area contributed by atoms with E-state index < -0.39 is 0 Å². The van der Waals surface area contributed by atoms with Crippen LogP contribution < -0.4 is 5.73 Å². The number of carbonyl (C=O) groups excluding carboxylic acids is 1. The van der Waals surface area contributed by atoms with E-state index in [4.69, 9.17) is 5.73 Å². The molecule has 0 aromatic heterocycles. The minimum absolute atomic E-state index is 0. The monoisotopic (exact) mass is 318 g/mol. The molecule has 2 aromatic carbocycles. The molecular weight excluding hydrogens is 296 g/mol. The molecule has 1 saturated heterocycles. The average molecular weight is 319 g/mol. The number of fused-ring (bicyclic) bond motifs is 1. The van der Waals surface area contributed by atoms with Crippen LogP contribution in [0.1, 0.15) is 18.9 Å². The lowest BCUT2D eigenvalue weighted by atomic mass is 9.90. The molecule has 1 fully saturated rings. The number of carbonyl (C=O) groups is 1.